The van der Waals surface area contributed by atoms with Gasteiger partial charge in [0.05, 0.1) is 24.2 Å². The van der Waals surface area contributed by atoms with E-state index in [2.05, 4.69) is 4.74 Å². The summed E-state index contributed by atoms with van der Waals surface area (Å²) in [5, 5.41) is 0. The van der Waals surface area contributed by atoms with Gasteiger partial charge in [0, 0.05) is 0 Å². The summed E-state index contributed by atoms with van der Waals surface area (Å²) in [7, 11) is 1.45. The fourth-order valence-electron chi connectivity index (χ4n) is 1.58. The van der Waals surface area contributed by atoms with Gasteiger partial charge in [-0.25, -0.2) is 4.79 Å². The second-order valence-corrected chi connectivity index (χ2v) is 4.42. The van der Waals surface area contributed by atoms with E-state index in [-0.39, 0.29) is 12.2 Å². The van der Waals surface area contributed by atoms with Crippen LogP contribution in [0.15, 0.2) is 17.0 Å². The van der Waals surface area contributed by atoms with Crippen LogP contribution in [-0.4, -0.2) is 31.4 Å². The number of benzene rings is 1. The van der Waals surface area contributed by atoms with Gasteiger partial charge in [-0.05, 0) is 19.1 Å². The number of hydrogen-bond donors (Lipinski definition) is 0. The molecule has 2 rings (SSSR count). The van der Waals surface area contributed by atoms with Gasteiger partial charge in [0.1, 0.15) is 17.4 Å². The molecule has 96 valence electrons. The molecule has 6 heteroatoms. The number of fused-ring (bicyclic) bond motifs is 1. The summed E-state index contributed by atoms with van der Waals surface area (Å²) in [5.74, 6) is -0.174. The number of hydrogen-bond acceptors (Lipinski definition) is 6. The first-order valence-electron chi connectivity index (χ1n) is 5.36. The molecule has 18 heavy (non-hydrogen) atoms. The van der Waals surface area contributed by atoms with Crippen LogP contribution in [0.4, 0.5) is 0 Å². The lowest BCUT2D eigenvalue weighted by atomic mass is 10.1. The Labute approximate surface area is 108 Å². The first-order chi connectivity index (χ1) is 8.67. The highest BCUT2D eigenvalue weighted by Gasteiger charge is 2.25. The van der Waals surface area contributed by atoms with Crippen molar-refractivity contribution in [3.8, 4) is 11.5 Å². The third kappa shape index (κ3) is 2.28. The van der Waals surface area contributed by atoms with Gasteiger partial charge in [-0.15, -0.1) is 0 Å². The summed E-state index contributed by atoms with van der Waals surface area (Å²) < 4.78 is 15.1. The van der Waals surface area contributed by atoms with E-state index in [1.165, 1.54) is 24.9 Å². The maximum atomic E-state index is 11.9. The Balaban J connectivity index is 2.37. The Morgan fingerprint density at radius 2 is 2.22 bits per heavy atom. The zero-order valence-corrected chi connectivity index (χ0v) is 10.8. The van der Waals surface area contributed by atoms with Gasteiger partial charge in [0.15, 0.2) is 0 Å². The first kappa shape index (κ1) is 12.8. The standard InChI is InChI=1S/C12H12O5S/c1-3-16-12(14)11(13)7-4-9-10(18-6-17-9)5-8(7)15-2/h4-5H,3,6H2,1-2H3. The average molecular weight is 268 g/mol. The normalized spacial score (nSPS) is 12.6. The topological polar surface area (TPSA) is 61.8 Å². The lowest BCUT2D eigenvalue weighted by Gasteiger charge is -2.09. The minimum atomic E-state index is -0.888. The molecule has 0 amide bonds. The molecular weight excluding hydrogens is 256 g/mol. The van der Waals surface area contributed by atoms with Gasteiger partial charge in [0.2, 0.25) is 0 Å². The first-order valence-corrected chi connectivity index (χ1v) is 6.35. The van der Waals surface area contributed by atoms with Crippen LogP contribution in [0.5, 0.6) is 11.5 Å². The van der Waals surface area contributed by atoms with Gasteiger partial charge in [-0.1, -0.05) is 11.8 Å². The summed E-state index contributed by atoms with van der Waals surface area (Å²) in [5.41, 5.74) is 0.164. The molecule has 0 saturated carbocycles. The molecule has 0 saturated heterocycles. The molecule has 0 spiro atoms. The number of thioether (sulfide) groups is 1. The van der Waals surface area contributed by atoms with Gasteiger partial charge >= 0.3 is 5.97 Å². The van der Waals surface area contributed by atoms with Gasteiger partial charge in [-0.3, -0.25) is 4.79 Å². The Bertz CT molecular complexity index is 497. The molecular formula is C12H12O5S. The molecule has 0 fully saturated rings. The van der Waals surface area contributed by atoms with Crippen LogP contribution in [-0.2, 0) is 9.53 Å². The van der Waals surface area contributed by atoms with Crippen LogP contribution >= 0.6 is 11.8 Å². The monoisotopic (exact) mass is 268 g/mol. The number of methoxy groups -OCH3 is 1. The molecule has 0 aliphatic carbocycles. The van der Waals surface area contributed by atoms with Crippen LogP contribution in [0, 0.1) is 0 Å². The van der Waals surface area contributed by atoms with Gasteiger partial charge < -0.3 is 14.2 Å². The fraction of sp³-hybridized carbons (Fsp3) is 0.333. The van der Waals surface area contributed by atoms with Crippen molar-refractivity contribution < 1.29 is 23.8 Å². The molecule has 1 aromatic carbocycles. The van der Waals surface area contributed by atoms with Crippen molar-refractivity contribution in [3.63, 3.8) is 0 Å². The summed E-state index contributed by atoms with van der Waals surface area (Å²) in [6, 6.07) is 3.22. The van der Waals surface area contributed by atoms with E-state index in [0.717, 1.165) is 4.90 Å². The Morgan fingerprint density at radius 3 is 2.89 bits per heavy atom. The third-order valence-electron chi connectivity index (χ3n) is 2.40. The number of Topliss-reactive ketones (excluding diaryl/α,β-unsaturated/α-hetero) is 1. The third-order valence-corrected chi connectivity index (χ3v) is 3.27. The highest BCUT2D eigenvalue weighted by molar-refractivity contribution is 7.99. The Morgan fingerprint density at radius 1 is 1.44 bits per heavy atom. The average Bonchev–Trinajstić information content (AvgIpc) is 2.83. The second kappa shape index (κ2) is 5.30. The predicted molar refractivity (Wildman–Crippen MR) is 65.3 cm³/mol. The Hall–Kier alpha value is -1.69. The van der Waals surface area contributed by atoms with Crippen LogP contribution in [0.1, 0.15) is 17.3 Å². The molecule has 0 N–H and O–H groups in total. The molecule has 1 aliphatic rings. The van der Waals surface area contributed by atoms with E-state index in [4.69, 9.17) is 9.47 Å². The lowest BCUT2D eigenvalue weighted by Crippen LogP contribution is -2.18. The molecule has 1 aromatic rings. The number of rotatable bonds is 4. The van der Waals surface area contributed by atoms with E-state index in [1.807, 2.05) is 0 Å². The van der Waals surface area contributed by atoms with Crippen molar-refractivity contribution in [3.05, 3.63) is 17.7 Å². The molecule has 0 bridgehead atoms. The number of esters is 1. The van der Waals surface area contributed by atoms with Crippen LogP contribution in [0.3, 0.4) is 0 Å². The molecule has 0 aromatic heterocycles. The van der Waals surface area contributed by atoms with Crippen molar-refractivity contribution in [1.29, 1.82) is 0 Å². The minimum Gasteiger partial charge on any atom is -0.496 e. The number of carbonyl (C=O) groups excluding carboxylic acids is 2. The zero-order chi connectivity index (χ0) is 13.1. The number of ether oxygens (including phenoxy) is 3. The van der Waals surface area contributed by atoms with Crippen LogP contribution < -0.4 is 9.47 Å². The van der Waals surface area contributed by atoms with Crippen molar-refractivity contribution in [1.82, 2.24) is 0 Å². The summed E-state index contributed by atoms with van der Waals surface area (Å²) in [6.07, 6.45) is 0. The highest BCUT2D eigenvalue weighted by Crippen LogP contribution is 2.40. The van der Waals surface area contributed by atoms with E-state index >= 15 is 0 Å². The van der Waals surface area contributed by atoms with Crippen molar-refractivity contribution in [2.45, 2.75) is 11.8 Å². The van der Waals surface area contributed by atoms with Gasteiger partial charge in [0.25, 0.3) is 5.78 Å². The SMILES string of the molecule is CCOC(=O)C(=O)c1cc2c(cc1OC)SCO2. The lowest BCUT2D eigenvalue weighted by molar-refractivity contribution is -0.137. The van der Waals surface area contributed by atoms with Crippen molar-refractivity contribution in [2.75, 3.05) is 19.7 Å². The Kier molecular flexibility index (Phi) is 3.76. The van der Waals surface area contributed by atoms with Crippen molar-refractivity contribution >= 4 is 23.5 Å². The predicted octanol–water partition coefficient (Wildman–Crippen LogP) is 1.88. The highest BCUT2D eigenvalue weighted by atomic mass is 32.2. The van der Waals surface area contributed by atoms with E-state index < -0.39 is 11.8 Å². The van der Waals surface area contributed by atoms with E-state index in [0.29, 0.717) is 17.4 Å². The molecule has 0 unspecified atom stereocenters. The quantitative estimate of drug-likeness (QED) is 0.472. The summed E-state index contributed by atoms with van der Waals surface area (Å²) in [4.78, 5) is 24.2. The van der Waals surface area contributed by atoms with Crippen molar-refractivity contribution in [2.24, 2.45) is 0 Å². The van der Waals surface area contributed by atoms with Crippen LogP contribution in [0.2, 0.25) is 0 Å². The van der Waals surface area contributed by atoms with Crippen LogP contribution in [0.25, 0.3) is 0 Å². The molecule has 0 atom stereocenters. The van der Waals surface area contributed by atoms with E-state index in [9.17, 15) is 9.59 Å². The fourth-order valence-corrected chi connectivity index (χ4v) is 2.34. The zero-order valence-electron chi connectivity index (χ0n) is 10.0. The maximum Gasteiger partial charge on any atom is 0.379 e. The summed E-state index contributed by atoms with van der Waals surface area (Å²) >= 11 is 1.51. The molecule has 1 heterocycles. The molecule has 5 nitrogen and oxygen atoms in total. The molecule has 0 radical (unpaired) electrons. The summed E-state index contributed by atoms with van der Waals surface area (Å²) in [6.45, 7) is 1.80. The molecule has 1 aliphatic heterocycles. The maximum absolute atomic E-state index is 11.9. The second-order valence-electron chi connectivity index (χ2n) is 3.46. The number of carbonyl (C=O) groups is 2. The smallest absolute Gasteiger partial charge is 0.379 e. The minimum absolute atomic E-state index is 0.157. The largest absolute Gasteiger partial charge is 0.496 e. The van der Waals surface area contributed by atoms with E-state index in [1.54, 1.807) is 13.0 Å². The number of ketones is 1. The van der Waals surface area contributed by atoms with Gasteiger partial charge in [-0.2, -0.15) is 0 Å².